The van der Waals surface area contributed by atoms with Crippen LogP contribution in [0.25, 0.3) is 0 Å². The molecule has 0 spiro atoms. The number of para-hydroxylation sites is 1. The minimum absolute atomic E-state index is 0.0307. The van der Waals surface area contributed by atoms with Gasteiger partial charge in [-0.3, -0.25) is 4.79 Å². The monoisotopic (exact) mass is 351 g/mol. The lowest BCUT2D eigenvalue weighted by atomic mass is 9.64. The molecule has 1 aliphatic rings. The molecule has 5 heteroatoms. The summed E-state index contributed by atoms with van der Waals surface area (Å²) in [4.78, 5) is 24.4. The summed E-state index contributed by atoms with van der Waals surface area (Å²) in [7, 11) is 0. The zero-order valence-electron chi connectivity index (χ0n) is 15.0. The standard InChI is InChI=1S/C21H25N3O2/c1-16(23-20(26)24-18-11-6-3-7-12-18)19(25)22-15-21(13-8-14-21)17-9-4-2-5-10-17/h2-7,9-12,16H,8,13-15H2,1H3,(H,22,25)(H2,23,24,26). The molecule has 26 heavy (non-hydrogen) atoms. The molecular formula is C21H25N3O2. The smallest absolute Gasteiger partial charge is 0.319 e. The Balaban J connectivity index is 1.50. The molecular weight excluding hydrogens is 326 g/mol. The number of benzene rings is 2. The number of urea groups is 1. The molecule has 1 fully saturated rings. The average molecular weight is 351 g/mol. The van der Waals surface area contributed by atoms with Crippen molar-refractivity contribution in [1.29, 1.82) is 0 Å². The predicted octanol–water partition coefficient (Wildman–Crippen LogP) is 3.43. The van der Waals surface area contributed by atoms with Gasteiger partial charge in [-0.15, -0.1) is 0 Å². The van der Waals surface area contributed by atoms with Gasteiger partial charge in [0.15, 0.2) is 0 Å². The SMILES string of the molecule is CC(NC(=O)Nc1ccccc1)C(=O)NCC1(c2ccccc2)CCC1. The molecule has 3 amide bonds. The maximum Gasteiger partial charge on any atom is 0.319 e. The zero-order valence-corrected chi connectivity index (χ0v) is 15.0. The molecule has 1 saturated carbocycles. The van der Waals surface area contributed by atoms with Crippen molar-refractivity contribution < 1.29 is 9.59 Å². The number of carbonyl (C=O) groups excluding carboxylic acids is 2. The van der Waals surface area contributed by atoms with Gasteiger partial charge < -0.3 is 16.0 Å². The number of amides is 3. The van der Waals surface area contributed by atoms with E-state index in [0.29, 0.717) is 12.2 Å². The predicted molar refractivity (Wildman–Crippen MR) is 103 cm³/mol. The second-order valence-electron chi connectivity index (χ2n) is 6.90. The van der Waals surface area contributed by atoms with Gasteiger partial charge in [-0.1, -0.05) is 55.0 Å². The van der Waals surface area contributed by atoms with Crippen molar-refractivity contribution in [2.24, 2.45) is 0 Å². The van der Waals surface area contributed by atoms with Gasteiger partial charge in [0.2, 0.25) is 5.91 Å². The second-order valence-corrected chi connectivity index (χ2v) is 6.90. The van der Waals surface area contributed by atoms with Crippen molar-refractivity contribution in [1.82, 2.24) is 10.6 Å². The van der Waals surface area contributed by atoms with Crippen LogP contribution in [-0.4, -0.2) is 24.5 Å². The van der Waals surface area contributed by atoms with Crippen LogP contribution in [0.1, 0.15) is 31.7 Å². The third-order valence-electron chi connectivity index (χ3n) is 5.07. The van der Waals surface area contributed by atoms with E-state index in [1.165, 1.54) is 12.0 Å². The molecule has 5 nitrogen and oxygen atoms in total. The van der Waals surface area contributed by atoms with Crippen LogP contribution in [0, 0.1) is 0 Å². The van der Waals surface area contributed by atoms with Gasteiger partial charge in [-0.25, -0.2) is 4.79 Å². The fourth-order valence-corrected chi connectivity index (χ4v) is 3.32. The molecule has 0 bridgehead atoms. The minimum atomic E-state index is -0.605. The molecule has 0 aliphatic heterocycles. The summed E-state index contributed by atoms with van der Waals surface area (Å²) < 4.78 is 0. The van der Waals surface area contributed by atoms with Crippen LogP contribution in [0.3, 0.4) is 0 Å². The van der Waals surface area contributed by atoms with E-state index in [-0.39, 0.29) is 17.4 Å². The Morgan fingerprint density at radius 2 is 1.62 bits per heavy atom. The Morgan fingerprint density at radius 3 is 2.19 bits per heavy atom. The summed E-state index contributed by atoms with van der Waals surface area (Å²) in [6.45, 7) is 2.29. The number of carbonyl (C=O) groups is 2. The van der Waals surface area contributed by atoms with Crippen molar-refractivity contribution in [3.8, 4) is 0 Å². The number of rotatable bonds is 6. The van der Waals surface area contributed by atoms with Gasteiger partial charge in [0, 0.05) is 17.6 Å². The summed E-state index contributed by atoms with van der Waals surface area (Å²) >= 11 is 0. The molecule has 3 rings (SSSR count). The Morgan fingerprint density at radius 1 is 1.00 bits per heavy atom. The average Bonchev–Trinajstić information content (AvgIpc) is 2.62. The highest BCUT2D eigenvalue weighted by atomic mass is 16.2. The highest BCUT2D eigenvalue weighted by molar-refractivity contribution is 5.93. The van der Waals surface area contributed by atoms with Gasteiger partial charge >= 0.3 is 6.03 Å². The van der Waals surface area contributed by atoms with Crippen LogP contribution in [0.15, 0.2) is 60.7 Å². The maximum atomic E-state index is 12.4. The highest BCUT2D eigenvalue weighted by Crippen LogP contribution is 2.43. The van der Waals surface area contributed by atoms with E-state index < -0.39 is 6.04 Å². The molecule has 0 aromatic heterocycles. The Kier molecular flexibility index (Phi) is 5.56. The fraction of sp³-hybridized carbons (Fsp3) is 0.333. The normalized spacial score (nSPS) is 16.0. The largest absolute Gasteiger partial charge is 0.353 e. The molecule has 0 radical (unpaired) electrons. The summed E-state index contributed by atoms with van der Waals surface area (Å²) in [6.07, 6.45) is 3.33. The molecule has 2 aromatic rings. The summed E-state index contributed by atoms with van der Waals surface area (Å²) in [5.41, 5.74) is 1.99. The first-order chi connectivity index (χ1) is 12.6. The quantitative estimate of drug-likeness (QED) is 0.746. The first kappa shape index (κ1) is 18.0. The van der Waals surface area contributed by atoms with E-state index in [1.807, 2.05) is 36.4 Å². The molecule has 1 atom stereocenters. The van der Waals surface area contributed by atoms with Crippen molar-refractivity contribution in [2.75, 3.05) is 11.9 Å². The van der Waals surface area contributed by atoms with E-state index in [9.17, 15) is 9.59 Å². The van der Waals surface area contributed by atoms with Crippen LogP contribution in [0.4, 0.5) is 10.5 Å². The van der Waals surface area contributed by atoms with Crippen LogP contribution >= 0.6 is 0 Å². The number of hydrogen-bond acceptors (Lipinski definition) is 2. The lowest BCUT2D eigenvalue weighted by Gasteiger charge is -2.42. The molecule has 1 aliphatic carbocycles. The fourth-order valence-electron chi connectivity index (χ4n) is 3.32. The lowest BCUT2D eigenvalue weighted by molar-refractivity contribution is -0.123. The van der Waals surface area contributed by atoms with Crippen molar-refractivity contribution >= 4 is 17.6 Å². The Labute approximate surface area is 154 Å². The van der Waals surface area contributed by atoms with Crippen molar-refractivity contribution in [2.45, 2.75) is 37.6 Å². The highest BCUT2D eigenvalue weighted by Gasteiger charge is 2.38. The summed E-state index contributed by atoms with van der Waals surface area (Å²) in [5, 5.41) is 8.41. The van der Waals surface area contributed by atoms with E-state index >= 15 is 0 Å². The van der Waals surface area contributed by atoms with Crippen molar-refractivity contribution in [3.63, 3.8) is 0 Å². The molecule has 0 heterocycles. The first-order valence-corrected chi connectivity index (χ1v) is 9.05. The van der Waals surface area contributed by atoms with Gasteiger partial charge in [-0.05, 0) is 37.5 Å². The van der Waals surface area contributed by atoms with Crippen LogP contribution in [0.2, 0.25) is 0 Å². The minimum Gasteiger partial charge on any atom is -0.353 e. The Bertz CT molecular complexity index is 742. The first-order valence-electron chi connectivity index (χ1n) is 9.05. The van der Waals surface area contributed by atoms with Gasteiger partial charge in [0.05, 0.1) is 0 Å². The van der Waals surface area contributed by atoms with Gasteiger partial charge in [0.1, 0.15) is 6.04 Å². The number of anilines is 1. The summed E-state index contributed by atoms with van der Waals surface area (Å²) in [6, 6.07) is 18.5. The Hall–Kier alpha value is -2.82. The van der Waals surface area contributed by atoms with E-state index in [4.69, 9.17) is 0 Å². The molecule has 136 valence electrons. The number of nitrogens with one attached hydrogen (secondary N) is 3. The van der Waals surface area contributed by atoms with Crippen LogP contribution in [-0.2, 0) is 10.2 Å². The molecule has 1 unspecified atom stereocenters. The van der Waals surface area contributed by atoms with Crippen molar-refractivity contribution in [3.05, 3.63) is 66.2 Å². The van der Waals surface area contributed by atoms with E-state index in [1.54, 1.807) is 19.1 Å². The van der Waals surface area contributed by atoms with Gasteiger partial charge in [0.25, 0.3) is 0 Å². The number of hydrogen-bond donors (Lipinski definition) is 3. The van der Waals surface area contributed by atoms with Crippen LogP contribution in [0.5, 0.6) is 0 Å². The zero-order chi connectivity index (χ0) is 18.4. The summed E-state index contributed by atoms with van der Waals surface area (Å²) in [5.74, 6) is -0.171. The van der Waals surface area contributed by atoms with Crippen LogP contribution < -0.4 is 16.0 Å². The lowest BCUT2D eigenvalue weighted by Crippen LogP contribution is -2.51. The van der Waals surface area contributed by atoms with Gasteiger partial charge in [-0.2, -0.15) is 0 Å². The second kappa shape index (κ2) is 8.04. The molecule has 3 N–H and O–H groups in total. The molecule has 2 aromatic carbocycles. The molecule has 0 saturated heterocycles. The topological polar surface area (TPSA) is 70.2 Å². The third-order valence-corrected chi connectivity index (χ3v) is 5.07. The maximum absolute atomic E-state index is 12.4. The van der Waals surface area contributed by atoms with E-state index in [0.717, 1.165) is 12.8 Å². The third kappa shape index (κ3) is 4.23. The van der Waals surface area contributed by atoms with E-state index in [2.05, 4.69) is 28.1 Å².